The van der Waals surface area contributed by atoms with Crippen molar-refractivity contribution < 1.29 is 13.2 Å². The molecule has 0 aromatic carbocycles. The SMILES string of the molecule is CS(=O)(=O)NCCC(=O)N1CCCC1c1ccsc1. The average molecular weight is 302 g/mol. The maximum absolute atomic E-state index is 12.1. The van der Waals surface area contributed by atoms with Crippen LogP contribution in [0.25, 0.3) is 0 Å². The number of rotatable bonds is 5. The van der Waals surface area contributed by atoms with Gasteiger partial charge in [-0.2, -0.15) is 11.3 Å². The number of likely N-dealkylation sites (tertiary alicyclic amines) is 1. The summed E-state index contributed by atoms with van der Waals surface area (Å²) in [6, 6.07) is 2.22. The number of carbonyl (C=O) groups excluding carboxylic acids is 1. The Hall–Kier alpha value is -0.920. The number of carbonyl (C=O) groups is 1. The zero-order chi connectivity index (χ0) is 13.9. The van der Waals surface area contributed by atoms with Gasteiger partial charge in [0.25, 0.3) is 0 Å². The molecule has 0 spiro atoms. The Labute approximate surface area is 117 Å². The Kier molecular flexibility index (Phi) is 4.59. The molecule has 1 amide bonds. The molecule has 1 aromatic heterocycles. The first-order chi connectivity index (χ1) is 8.97. The average Bonchev–Trinajstić information content (AvgIpc) is 2.97. The maximum Gasteiger partial charge on any atom is 0.224 e. The second kappa shape index (κ2) is 6.02. The summed E-state index contributed by atoms with van der Waals surface area (Å²) in [4.78, 5) is 14.0. The molecule has 1 aromatic rings. The van der Waals surface area contributed by atoms with Crippen LogP contribution >= 0.6 is 11.3 Å². The second-order valence-corrected chi connectivity index (χ2v) is 7.33. The van der Waals surface area contributed by atoms with Crippen molar-refractivity contribution in [3.05, 3.63) is 22.4 Å². The molecule has 1 fully saturated rings. The third-order valence-corrected chi connectivity index (χ3v) is 4.63. The van der Waals surface area contributed by atoms with Gasteiger partial charge in [0, 0.05) is 19.5 Å². The van der Waals surface area contributed by atoms with E-state index in [9.17, 15) is 13.2 Å². The van der Waals surface area contributed by atoms with E-state index in [2.05, 4.69) is 16.2 Å². The van der Waals surface area contributed by atoms with Gasteiger partial charge in [0.2, 0.25) is 15.9 Å². The predicted octanol–water partition coefficient (Wildman–Crippen LogP) is 1.35. The number of nitrogens with one attached hydrogen (secondary N) is 1. The lowest BCUT2D eigenvalue weighted by molar-refractivity contribution is -0.131. The summed E-state index contributed by atoms with van der Waals surface area (Å²) in [6.45, 7) is 0.933. The summed E-state index contributed by atoms with van der Waals surface area (Å²) in [5, 5.41) is 4.09. The van der Waals surface area contributed by atoms with Crippen LogP contribution in [0, 0.1) is 0 Å². The molecule has 1 unspecified atom stereocenters. The highest BCUT2D eigenvalue weighted by Crippen LogP contribution is 2.33. The fourth-order valence-corrected chi connectivity index (χ4v) is 3.54. The van der Waals surface area contributed by atoms with Crippen LogP contribution in [-0.4, -0.2) is 38.6 Å². The molecule has 0 radical (unpaired) electrons. The van der Waals surface area contributed by atoms with Crippen molar-refractivity contribution in [2.75, 3.05) is 19.3 Å². The summed E-state index contributed by atoms with van der Waals surface area (Å²) in [5.74, 6) is 0.0184. The van der Waals surface area contributed by atoms with Crippen molar-refractivity contribution in [1.82, 2.24) is 9.62 Å². The Balaban J connectivity index is 1.91. The van der Waals surface area contributed by atoms with Crippen molar-refractivity contribution in [1.29, 1.82) is 0 Å². The smallest absolute Gasteiger partial charge is 0.224 e. The zero-order valence-electron chi connectivity index (χ0n) is 10.8. The van der Waals surface area contributed by atoms with Gasteiger partial charge < -0.3 is 4.90 Å². The van der Waals surface area contributed by atoms with E-state index < -0.39 is 10.0 Å². The molecule has 1 aliphatic heterocycles. The van der Waals surface area contributed by atoms with Crippen LogP contribution in [-0.2, 0) is 14.8 Å². The van der Waals surface area contributed by atoms with E-state index in [0.717, 1.165) is 25.6 Å². The van der Waals surface area contributed by atoms with Crippen molar-refractivity contribution in [2.24, 2.45) is 0 Å². The van der Waals surface area contributed by atoms with Gasteiger partial charge in [-0.15, -0.1) is 0 Å². The molecule has 19 heavy (non-hydrogen) atoms. The molecule has 0 saturated carbocycles. The lowest BCUT2D eigenvalue weighted by Gasteiger charge is -2.24. The quantitative estimate of drug-likeness (QED) is 0.893. The number of hydrogen-bond donors (Lipinski definition) is 1. The van der Waals surface area contributed by atoms with Crippen LogP contribution in [0.15, 0.2) is 16.8 Å². The van der Waals surface area contributed by atoms with Crippen LogP contribution in [0.5, 0.6) is 0 Å². The molecule has 1 atom stereocenters. The van der Waals surface area contributed by atoms with Crippen molar-refractivity contribution in [3.63, 3.8) is 0 Å². The third-order valence-electron chi connectivity index (χ3n) is 3.20. The first-order valence-electron chi connectivity index (χ1n) is 6.23. The molecule has 5 nitrogen and oxygen atoms in total. The predicted molar refractivity (Wildman–Crippen MR) is 75.5 cm³/mol. The van der Waals surface area contributed by atoms with Gasteiger partial charge in [-0.3, -0.25) is 4.79 Å². The van der Waals surface area contributed by atoms with E-state index in [1.54, 1.807) is 11.3 Å². The van der Waals surface area contributed by atoms with Crippen LogP contribution in [0.4, 0.5) is 0 Å². The van der Waals surface area contributed by atoms with Gasteiger partial charge in [0.05, 0.1) is 12.3 Å². The molecule has 106 valence electrons. The Morgan fingerprint density at radius 2 is 2.37 bits per heavy atom. The minimum Gasteiger partial charge on any atom is -0.336 e. The van der Waals surface area contributed by atoms with Gasteiger partial charge in [-0.25, -0.2) is 13.1 Å². The molecule has 7 heteroatoms. The minimum atomic E-state index is -3.22. The first kappa shape index (κ1) is 14.5. The highest BCUT2D eigenvalue weighted by molar-refractivity contribution is 7.88. The molecule has 0 aliphatic carbocycles. The standard InChI is InChI=1S/C12H18N2O3S2/c1-19(16,17)13-6-4-12(15)14-7-2-3-11(14)10-5-8-18-9-10/h5,8-9,11,13H,2-4,6-7H2,1H3. The minimum absolute atomic E-state index is 0.0184. The molecule has 0 bridgehead atoms. The number of thiophene rings is 1. The molecule has 1 saturated heterocycles. The molecule has 1 N–H and O–H groups in total. The van der Waals surface area contributed by atoms with Crippen LogP contribution in [0.1, 0.15) is 30.9 Å². The number of amides is 1. The van der Waals surface area contributed by atoms with E-state index in [1.165, 1.54) is 5.56 Å². The summed E-state index contributed by atoms with van der Waals surface area (Å²) in [7, 11) is -3.22. The van der Waals surface area contributed by atoms with Crippen LogP contribution < -0.4 is 4.72 Å². The van der Waals surface area contributed by atoms with Crippen molar-refractivity contribution in [2.45, 2.75) is 25.3 Å². The summed E-state index contributed by atoms with van der Waals surface area (Å²) < 4.78 is 24.3. The Morgan fingerprint density at radius 1 is 1.58 bits per heavy atom. The summed E-state index contributed by atoms with van der Waals surface area (Å²) >= 11 is 1.63. The summed E-state index contributed by atoms with van der Waals surface area (Å²) in [5.41, 5.74) is 1.19. The van der Waals surface area contributed by atoms with Gasteiger partial charge in [0.15, 0.2) is 0 Å². The number of nitrogens with zero attached hydrogens (tertiary/aromatic N) is 1. The van der Waals surface area contributed by atoms with Crippen molar-refractivity contribution >= 4 is 27.3 Å². The lowest BCUT2D eigenvalue weighted by Crippen LogP contribution is -2.33. The van der Waals surface area contributed by atoms with Gasteiger partial charge in [0.1, 0.15) is 0 Å². The lowest BCUT2D eigenvalue weighted by atomic mass is 10.1. The third kappa shape index (κ3) is 4.02. The highest BCUT2D eigenvalue weighted by Gasteiger charge is 2.29. The van der Waals surface area contributed by atoms with E-state index in [1.807, 2.05) is 10.3 Å². The number of sulfonamides is 1. The van der Waals surface area contributed by atoms with E-state index in [0.29, 0.717) is 0 Å². The van der Waals surface area contributed by atoms with Crippen LogP contribution in [0.2, 0.25) is 0 Å². The first-order valence-corrected chi connectivity index (χ1v) is 9.07. The maximum atomic E-state index is 12.1. The van der Waals surface area contributed by atoms with Gasteiger partial charge in [-0.05, 0) is 35.2 Å². The van der Waals surface area contributed by atoms with E-state index >= 15 is 0 Å². The van der Waals surface area contributed by atoms with E-state index in [-0.39, 0.29) is 24.9 Å². The van der Waals surface area contributed by atoms with Gasteiger partial charge in [-0.1, -0.05) is 0 Å². The normalized spacial score (nSPS) is 19.8. The largest absolute Gasteiger partial charge is 0.336 e. The second-order valence-electron chi connectivity index (χ2n) is 4.72. The van der Waals surface area contributed by atoms with Crippen molar-refractivity contribution in [3.8, 4) is 0 Å². The van der Waals surface area contributed by atoms with Crippen LogP contribution in [0.3, 0.4) is 0 Å². The summed E-state index contributed by atoms with van der Waals surface area (Å²) in [6.07, 6.45) is 3.31. The fraction of sp³-hybridized carbons (Fsp3) is 0.583. The molecule has 2 rings (SSSR count). The highest BCUT2D eigenvalue weighted by atomic mass is 32.2. The molecular formula is C12H18N2O3S2. The monoisotopic (exact) mass is 302 g/mol. The fourth-order valence-electron chi connectivity index (χ4n) is 2.36. The number of hydrogen-bond acceptors (Lipinski definition) is 4. The topological polar surface area (TPSA) is 66.5 Å². The Bertz CT molecular complexity index is 525. The van der Waals surface area contributed by atoms with E-state index in [4.69, 9.17) is 0 Å². The molecule has 1 aliphatic rings. The zero-order valence-corrected chi connectivity index (χ0v) is 12.5. The van der Waals surface area contributed by atoms with Gasteiger partial charge >= 0.3 is 0 Å². The molecule has 2 heterocycles. The Morgan fingerprint density at radius 3 is 3.00 bits per heavy atom. The molecular weight excluding hydrogens is 284 g/mol.